The molecule has 0 bridgehead atoms. The van der Waals surface area contributed by atoms with E-state index >= 15 is 0 Å². The molecular formula is C11H17NO4. The molecule has 0 aromatic carbocycles. The maximum absolute atomic E-state index is 11.5. The number of carboxylic acid groups (broad SMARTS) is 1. The molecule has 1 atom stereocenters. The van der Waals surface area contributed by atoms with Crippen molar-refractivity contribution in [2.24, 2.45) is 0 Å². The van der Waals surface area contributed by atoms with Gasteiger partial charge in [-0.3, -0.25) is 4.79 Å². The first kappa shape index (κ1) is 12.7. The Morgan fingerprint density at radius 3 is 2.69 bits per heavy atom. The van der Waals surface area contributed by atoms with Crippen molar-refractivity contribution in [3.63, 3.8) is 0 Å². The zero-order valence-electron chi connectivity index (χ0n) is 9.11. The van der Waals surface area contributed by atoms with Crippen LogP contribution in [-0.2, 0) is 9.59 Å². The third-order valence-corrected chi connectivity index (χ3v) is 2.59. The van der Waals surface area contributed by atoms with Gasteiger partial charge in [0, 0.05) is 6.42 Å². The molecule has 1 rings (SSSR count). The van der Waals surface area contributed by atoms with E-state index in [1.165, 1.54) is 0 Å². The van der Waals surface area contributed by atoms with Gasteiger partial charge in [-0.05, 0) is 25.7 Å². The van der Waals surface area contributed by atoms with Crippen LogP contribution in [0.4, 0.5) is 0 Å². The van der Waals surface area contributed by atoms with E-state index in [0.717, 1.165) is 31.3 Å². The molecule has 0 aromatic rings. The topological polar surface area (TPSA) is 86.6 Å². The monoisotopic (exact) mass is 227 g/mol. The Kier molecular flexibility index (Phi) is 4.98. The molecule has 0 saturated carbocycles. The molecule has 0 heterocycles. The maximum atomic E-state index is 11.5. The average molecular weight is 227 g/mol. The normalized spacial score (nSPS) is 17.4. The Morgan fingerprint density at radius 1 is 1.44 bits per heavy atom. The number of hydrogen-bond acceptors (Lipinski definition) is 3. The standard InChI is InChI=1S/C11H17NO4/c13-7-9(11(15)16)12-10(14)6-8-4-2-1-3-5-8/h4,9,13H,1-3,5-7H2,(H,12,14)(H,15,16). The maximum Gasteiger partial charge on any atom is 0.328 e. The molecule has 5 heteroatoms. The fourth-order valence-corrected chi connectivity index (χ4v) is 1.70. The molecule has 1 aliphatic rings. The molecule has 90 valence electrons. The summed E-state index contributed by atoms with van der Waals surface area (Å²) in [7, 11) is 0. The van der Waals surface area contributed by atoms with E-state index in [9.17, 15) is 9.59 Å². The van der Waals surface area contributed by atoms with Crippen LogP contribution >= 0.6 is 0 Å². The minimum atomic E-state index is -1.21. The smallest absolute Gasteiger partial charge is 0.328 e. The zero-order valence-corrected chi connectivity index (χ0v) is 9.11. The molecule has 0 saturated heterocycles. The van der Waals surface area contributed by atoms with Gasteiger partial charge < -0.3 is 15.5 Å². The third kappa shape index (κ3) is 4.02. The Balaban J connectivity index is 2.40. The van der Waals surface area contributed by atoms with Gasteiger partial charge in [0.2, 0.25) is 5.91 Å². The van der Waals surface area contributed by atoms with Crippen molar-refractivity contribution in [2.75, 3.05) is 6.61 Å². The van der Waals surface area contributed by atoms with Crippen molar-refractivity contribution in [1.29, 1.82) is 0 Å². The van der Waals surface area contributed by atoms with Crippen molar-refractivity contribution in [1.82, 2.24) is 5.32 Å². The highest BCUT2D eigenvalue weighted by Crippen LogP contribution is 2.19. The van der Waals surface area contributed by atoms with Gasteiger partial charge >= 0.3 is 5.97 Å². The number of nitrogens with one attached hydrogen (secondary N) is 1. The number of carbonyl (C=O) groups excluding carboxylic acids is 1. The number of aliphatic hydroxyl groups is 1. The highest BCUT2D eigenvalue weighted by atomic mass is 16.4. The van der Waals surface area contributed by atoms with Crippen LogP contribution in [0.5, 0.6) is 0 Å². The summed E-state index contributed by atoms with van der Waals surface area (Å²) in [5.41, 5.74) is 1.06. The van der Waals surface area contributed by atoms with E-state index in [4.69, 9.17) is 10.2 Å². The summed E-state index contributed by atoms with van der Waals surface area (Å²) in [5, 5.41) is 19.7. The third-order valence-electron chi connectivity index (χ3n) is 2.59. The van der Waals surface area contributed by atoms with Crippen LogP contribution < -0.4 is 5.32 Å². The number of aliphatic hydroxyl groups excluding tert-OH is 1. The summed E-state index contributed by atoms with van der Waals surface area (Å²) in [6, 6.07) is -1.20. The lowest BCUT2D eigenvalue weighted by molar-refractivity contribution is -0.142. The van der Waals surface area contributed by atoms with Gasteiger partial charge in [-0.15, -0.1) is 0 Å². The van der Waals surface area contributed by atoms with Gasteiger partial charge in [0.25, 0.3) is 0 Å². The average Bonchev–Trinajstić information content (AvgIpc) is 2.27. The Labute approximate surface area is 94.2 Å². The minimum Gasteiger partial charge on any atom is -0.480 e. The van der Waals surface area contributed by atoms with E-state index in [2.05, 4.69) is 5.32 Å². The first-order valence-electron chi connectivity index (χ1n) is 5.44. The second kappa shape index (κ2) is 6.27. The van der Waals surface area contributed by atoms with Crippen molar-refractivity contribution in [3.8, 4) is 0 Å². The number of carboxylic acids is 1. The SMILES string of the molecule is O=C(CC1=CCCCC1)NC(CO)C(=O)O. The van der Waals surface area contributed by atoms with Crippen molar-refractivity contribution < 1.29 is 19.8 Å². The summed E-state index contributed by atoms with van der Waals surface area (Å²) in [6.07, 6.45) is 6.41. The highest BCUT2D eigenvalue weighted by molar-refractivity contribution is 5.84. The second-order valence-electron chi connectivity index (χ2n) is 3.93. The van der Waals surface area contributed by atoms with Crippen LogP contribution in [0.2, 0.25) is 0 Å². The van der Waals surface area contributed by atoms with Gasteiger partial charge in [0.1, 0.15) is 6.04 Å². The molecule has 3 N–H and O–H groups in total. The second-order valence-corrected chi connectivity index (χ2v) is 3.93. The quantitative estimate of drug-likeness (QED) is 0.595. The van der Waals surface area contributed by atoms with Gasteiger partial charge in [-0.2, -0.15) is 0 Å². The summed E-state index contributed by atoms with van der Waals surface area (Å²) in [5.74, 6) is -1.55. The van der Waals surface area contributed by atoms with E-state index in [-0.39, 0.29) is 12.3 Å². The number of carbonyl (C=O) groups is 2. The van der Waals surface area contributed by atoms with Crippen molar-refractivity contribution in [2.45, 2.75) is 38.1 Å². The molecule has 0 aliphatic heterocycles. The van der Waals surface area contributed by atoms with Crippen LogP contribution in [0.25, 0.3) is 0 Å². The fraction of sp³-hybridized carbons (Fsp3) is 0.636. The summed E-state index contributed by atoms with van der Waals surface area (Å²) >= 11 is 0. The van der Waals surface area contributed by atoms with E-state index in [1.54, 1.807) is 0 Å². The summed E-state index contributed by atoms with van der Waals surface area (Å²) in [4.78, 5) is 22.0. The predicted octanol–water partition coefficient (Wildman–Crippen LogP) is 0.439. The van der Waals surface area contributed by atoms with Gasteiger partial charge in [0.15, 0.2) is 0 Å². The number of aliphatic carboxylic acids is 1. The van der Waals surface area contributed by atoms with Crippen LogP contribution in [-0.4, -0.2) is 34.7 Å². The number of hydrogen-bond donors (Lipinski definition) is 3. The Morgan fingerprint density at radius 2 is 2.19 bits per heavy atom. The molecule has 0 fully saturated rings. The first-order valence-corrected chi connectivity index (χ1v) is 5.44. The largest absolute Gasteiger partial charge is 0.480 e. The fourth-order valence-electron chi connectivity index (χ4n) is 1.70. The number of amides is 1. The van der Waals surface area contributed by atoms with Gasteiger partial charge in [-0.25, -0.2) is 4.79 Å². The Bertz CT molecular complexity index is 298. The van der Waals surface area contributed by atoms with E-state index < -0.39 is 18.6 Å². The molecule has 1 aliphatic carbocycles. The highest BCUT2D eigenvalue weighted by Gasteiger charge is 2.19. The van der Waals surface area contributed by atoms with Crippen LogP contribution in [0.1, 0.15) is 32.1 Å². The van der Waals surface area contributed by atoms with Crippen molar-refractivity contribution >= 4 is 11.9 Å². The zero-order chi connectivity index (χ0) is 12.0. The van der Waals surface area contributed by atoms with Crippen LogP contribution in [0.3, 0.4) is 0 Å². The van der Waals surface area contributed by atoms with E-state index in [0.29, 0.717) is 0 Å². The summed E-state index contributed by atoms with van der Waals surface area (Å²) in [6.45, 7) is -0.583. The molecular weight excluding hydrogens is 210 g/mol. The molecule has 0 aromatic heterocycles. The van der Waals surface area contributed by atoms with E-state index in [1.807, 2.05) is 6.08 Å². The van der Waals surface area contributed by atoms with Gasteiger partial charge in [0.05, 0.1) is 6.61 Å². The lowest BCUT2D eigenvalue weighted by Crippen LogP contribution is -2.43. The van der Waals surface area contributed by atoms with Crippen molar-refractivity contribution in [3.05, 3.63) is 11.6 Å². The number of allylic oxidation sites excluding steroid dienone is 1. The minimum absolute atomic E-state index is 0.240. The molecule has 1 unspecified atom stereocenters. The lowest BCUT2D eigenvalue weighted by Gasteiger charge is -2.15. The molecule has 16 heavy (non-hydrogen) atoms. The Hall–Kier alpha value is -1.36. The summed E-state index contributed by atoms with van der Waals surface area (Å²) < 4.78 is 0. The first-order chi connectivity index (χ1) is 7.63. The van der Waals surface area contributed by atoms with Gasteiger partial charge in [-0.1, -0.05) is 11.6 Å². The predicted molar refractivity (Wildman–Crippen MR) is 57.8 cm³/mol. The van der Waals surface area contributed by atoms with Crippen LogP contribution in [0, 0.1) is 0 Å². The molecule has 0 radical (unpaired) electrons. The molecule has 1 amide bonds. The lowest BCUT2D eigenvalue weighted by atomic mass is 9.97. The molecule has 5 nitrogen and oxygen atoms in total. The molecule has 0 spiro atoms. The number of rotatable bonds is 5. The van der Waals surface area contributed by atoms with Crippen LogP contribution in [0.15, 0.2) is 11.6 Å².